The van der Waals surface area contributed by atoms with E-state index in [1.54, 1.807) is 0 Å². The van der Waals surface area contributed by atoms with Gasteiger partial charge in [-0.25, -0.2) is 0 Å². The van der Waals surface area contributed by atoms with Crippen LogP contribution in [-0.4, -0.2) is 9.13 Å². The number of hydrogen-bond donors (Lipinski definition) is 0. The molecule has 4 heterocycles. The molecule has 2 nitrogen and oxygen atoms in total. The van der Waals surface area contributed by atoms with Crippen LogP contribution in [0.15, 0.2) is 243 Å². The van der Waals surface area contributed by atoms with Crippen molar-refractivity contribution in [2.45, 2.75) is 0 Å². The first-order chi connectivity index (χ1) is 34.7. The number of aromatic nitrogens is 2. The Morgan fingerprint density at radius 1 is 0.214 bits per heavy atom. The number of benzene rings is 11. The highest BCUT2D eigenvalue weighted by molar-refractivity contribution is 7.27. The SMILES string of the molecule is c1ccc(-c2cccc3c2sc2c(-c4ccc5c(c4)c4ccccc4n5-c4cccc(-n5c6ccccc6c6cc(-c7cccc8c7sc7c(-c9ccccc9)cccc78)ccc65)c4)cccc23)cc1. The average Bonchev–Trinajstić information content (AvgIpc) is 4.19. The lowest BCUT2D eigenvalue weighted by molar-refractivity contribution is 1.13. The molecule has 0 spiro atoms. The van der Waals surface area contributed by atoms with Crippen molar-refractivity contribution < 1.29 is 0 Å². The summed E-state index contributed by atoms with van der Waals surface area (Å²) in [6.07, 6.45) is 0. The molecule has 4 aromatic heterocycles. The molecule has 0 N–H and O–H groups in total. The van der Waals surface area contributed by atoms with Crippen LogP contribution in [0.3, 0.4) is 0 Å². The van der Waals surface area contributed by atoms with Gasteiger partial charge in [-0.05, 0) is 99.1 Å². The molecule has 0 aliphatic rings. The van der Waals surface area contributed by atoms with Crippen LogP contribution in [0, 0.1) is 0 Å². The summed E-state index contributed by atoms with van der Waals surface area (Å²) >= 11 is 3.82. The van der Waals surface area contributed by atoms with E-state index in [9.17, 15) is 0 Å². The molecule has 15 rings (SSSR count). The van der Waals surface area contributed by atoms with Gasteiger partial charge in [0, 0.05) is 73.3 Å². The molecule has 0 saturated heterocycles. The topological polar surface area (TPSA) is 9.86 Å². The van der Waals surface area contributed by atoms with Crippen LogP contribution in [-0.2, 0) is 0 Å². The monoisotopic (exact) mass is 924 g/mol. The maximum Gasteiger partial charge on any atom is 0.0541 e. The zero-order valence-corrected chi connectivity index (χ0v) is 39.4. The Hall–Kier alpha value is -8.54. The van der Waals surface area contributed by atoms with Crippen molar-refractivity contribution in [2.24, 2.45) is 0 Å². The van der Waals surface area contributed by atoms with Crippen LogP contribution in [0.2, 0.25) is 0 Å². The van der Waals surface area contributed by atoms with Crippen LogP contribution in [0.1, 0.15) is 0 Å². The fraction of sp³-hybridized carbons (Fsp3) is 0. The first-order valence-corrected chi connectivity index (χ1v) is 25.5. The van der Waals surface area contributed by atoms with Gasteiger partial charge in [0.25, 0.3) is 0 Å². The molecule has 0 saturated carbocycles. The third kappa shape index (κ3) is 5.91. The fourth-order valence-corrected chi connectivity index (χ4v) is 14.1. The van der Waals surface area contributed by atoms with E-state index in [-0.39, 0.29) is 0 Å². The zero-order chi connectivity index (χ0) is 45.9. The number of rotatable bonds is 6. The summed E-state index contributed by atoms with van der Waals surface area (Å²) in [6.45, 7) is 0. The van der Waals surface area contributed by atoms with Gasteiger partial charge in [-0.2, -0.15) is 0 Å². The van der Waals surface area contributed by atoms with Crippen molar-refractivity contribution >= 4 is 107 Å². The second-order valence-electron chi connectivity index (χ2n) is 18.4. The lowest BCUT2D eigenvalue weighted by Gasteiger charge is -2.13. The van der Waals surface area contributed by atoms with Crippen LogP contribution < -0.4 is 0 Å². The van der Waals surface area contributed by atoms with E-state index in [0.717, 1.165) is 11.4 Å². The summed E-state index contributed by atoms with van der Waals surface area (Å²) in [5.41, 5.74) is 17.1. The van der Waals surface area contributed by atoms with Gasteiger partial charge in [-0.3, -0.25) is 0 Å². The molecule has 0 unspecified atom stereocenters. The summed E-state index contributed by atoms with van der Waals surface area (Å²) in [6, 6.07) is 89.6. The summed E-state index contributed by atoms with van der Waals surface area (Å²) in [5.74, 6) is 0. The molecule has 0 aliphatic heterocycles. The molecule has 15 aromatic rings. The molecule has 0 amide bonds. The molecular formula is C66H40N2S2. The molecule has 0 radical (unpaired) electrons. The van der Waals surface area contributed by atoms with E-state index in [1.165, 1.54) is 128 Å². The van der Waals surface area contributed by atoms with Crippen molar-refractivity contribution in [3.05, 3.63) is 243 Å². The van der Waals surface area contributed by atoms with Crippen LogP contribution in [0.25, 0.3) is 140 Å². The Labute approximate surface area is 411 Å². The van der Waals surface area contributed by atoms with Crippen molar-refractivity contribution in [3.63, 3.8) is 0 Å². The van der Waals surface area contributed by atoms with E-state index in [2.05, 4.69) is 252 Å². The number of nitrogens with zero attached hydrogens (tertiary/aromatic N) is 2. The summed E-state index contributed by atoms with van der Waals surface area (Å²) < 4.78 is 10.2. The van der Waals surface area contributed by atoms with Gasteiger partial charge < -0.3 is 9.13 Å². The minimum Gasteiger partial charge on any atom is -0.309 e. The molecule has 0 bridgehead atoms. The summed E-state index contributed by atoms with van der Waals surface area (Å²) in [5, 5.41) is 10.2. The lowest BCUT2D eigenvalue weighted by atomic mass is 9.99. The Bertz CT molecular complexity index is 4300. The summed E-state index contributed by atoms with van der Waals surface area (Å²) in [4.78, 5) is 0. The van der Waals surface area contributed by atoms with Gasteiger partial charge in [-0.15, -0.1) is 22.7 Å². The van der Waals surface area contributed by atoms with Crippen LogP contribution in [0.5, 0.6) is 0 Å². The van der Waals surface area contributed by atoms with E-state index in [1.807, 2.05) is 22.7 Å². The van der Waals surface area contributed by atoms with Gasteiger partial charge in [0.1, 0.15) is 0 Å². The van der Waals surface area contributed by atoms with E-state index in [4.69, 9.17) is 0 Å². The Kier molecular flexibility index (Phi) is 8.73. The molecule has 4 heteroatoms. The third-order valence-electron chi connectivity index (χ3n) is 14.5. The first kappa shape index (κ1) is 39.5. The highest BCUT2D eigenvalue weighted by Gasteiger charge is 2.20. The van der Waals surface area contributed by atoms with Gasteiger partial charge >= 0.3 is 0 Å². The first-order valence-electron chi connectivity index (χ1n) is 23.9. The van der Waals surface area contributed by atoms with Crippen LogP contribution in [0.4, 0.5) is 0 Å². The third-order valence-corrected chi connectivity index (χ3v) is 17.1. The highest BCUT2D eigenvalue weighted by atomic mass is 32.1. The predicted molar refractivity (Wildman–Crippen MR) is 303 cm³/mol. The second kappa shape index (κ2) is 15.5. The van der Waals surface area contributed by atoms with Crippen LogP contribution >= 0.6 is 22.7 Å². The van der Waals surface area contributed by atoms with Gasteiger partial charge in [-0.1, -0.05) is 188 Å². The number of thiophene rings is 2. The number of fused-ring (bicyclic) bond motifs is 12. The molecule has 0 atom stereocenters. The highest BCUT2D eigenvalue weighted by Crippen LogP contribution is 2.47. The van der Waals surface area contributed by atoms with Crippen molar-refractivity contribution in [1.82, 2.24) is 9.13 Å². The maximum atomic E-state index is 2.45. The molecule has 70 heavy (non-hydrogen) atoms. The average molecular weight is 925 g/mol. The maximum absolute atomic E-state index is 2.45. The second-order valence-corrected chi connectivity index (χ2v) is 20.4. The minimum absolute atomic E-state index is 1.13. The molecule has 326 valence electrons. The van der Waals surface area contributed by atoms with Gasteiger partial charge in [0.2, 0.25) is 0 Å². The molecule has 0 aliphatic carbocycles. The number of hydrogen-bond acceptors (Lipinski definition) is 2. The quantitative estimate of drug-likeness (QED) is 0.157. The van der Waals surface area contributed by atoms with E-state index in [0.29, 0.717) is 0 Å². The predicted octanol–water partition coefficient (Wildman–Crippen LogP) is 19.3. The zero-order valence-electron chi connectivity index (χ0n) is 37.8. The molecular weight excluding hydrogens is 885 g/mol. The van der Waals surface area contributed by atoms with Gasteiger partial charge in [0.15, 0.2) is 0 Å². The lowest BCUT2D eigenvalue weighted by Crippen LogP contribution is -1.98. The normalized spacial score (nSPS) is 12.0. The smallest absolute Gasteiger partial charge is 0.0541 e. The van der Waals surface area contributed by atoms with Gasteiger partial charge in [0.05, 0.1) is 22.1 Å². The van der Waals surface area contributed by atoms with Crippen molar-refractivity contribution in [1.29, 1.82) is 0 Å². The van der Waals surface area contributed by atoms with E-state index < -0.39 is 0 Å². The largest absolute Gasteiger partial charge is 0.309 e. The van der Waals surface area contributed by atoms with Crippen molar-refractivity contribution in [2.75, 3.05) is 0 Å². The van der Waals surface area contributed by atoms with E-state index >= 15 is 0 Å². The standard InChI is InChI=1S/C66H40N2S2/c1-3-16-41(17-4-1)47-24-12-28-53-55-30-14-26-49(65(55)69-63(47)53)43-34-36-61-57(38-43)51-22-7-9-32-59(51)67(61)45-20-11-21-46(40-45)68-60-33-10-8-23-52(60)58-39-44(35-37-62(58)68)50-27-15-31-56-54-29-13-25-48(64(54)70-66(50)56)42-18-5-2-6-19-42/h1-40H. The molecule has 0 fully saturated rings. The Morgan fingerprint density at radius 3 is 0.957 bits per heavy atom. The fourth-order valence-electron chi connectivity index (χ4n) is 11.4. The number of para-hydroxylation sites is 2. The Morgan fingerprint density at radius 2 is 0.543 bits per heavy atom. The Balaban J connectivity index is 0.859. The minimum atomic E-state index is 1.13. The molecule has 11 aromatic carbocycles. The summed E-state index contributed by atoms with van der Waals surface area (Å²) in [7, 11) is 0. The van der Waals surface area contributed by atoms with Crippen molar-refractivity contribution in [3.8, 4) is 55.9 Å².